The minimum atomic E-state index is -2.77. The molecule has 0 aliphatic carbocycles. The molecule has 0 atom stereocenters. The van der Waals surface area contributed by atoms with Gasteiger partial charge < -0.3 is 5.73 Å². The van der Waals surface area contributed by atoms with Gasteiger partial charge in [0.25, 0.3) is 6.43 Å². The number of anilines is 1. The summed E-state index contributed by atoms with van der Waals surface area (Å²) in [6.45, 7) is 0. The molecule has 0 aliphatic heterocycles. The molecule has 0 bridgehead atoms. The van der Waals surface area contributed by atoms with Crippen molar-refractivity contribution in [3.8, 4) is 0 Å². The Morgan fingerprint density at radius 2 is 2.00 bits per heavy atom. The minimum Gasteiger partial charge on any atom is -0.399 e. The van der Waals surface area contributed by atoms with Gasteiger partial charge in [0, 0.05) is 15.8 Å². The normalized spacial score (nSPS) is 11.4. The van der Waals surface area contributed by atoms with Crippen LogP contribution in [0, 0.1) is 5.82 Å². The fraction of sp³-hybridized carbons (Fsp3) is 0.111. The summed E-state index contributed by atoms with van der Waals surface area (Å²) in [4.78, 5) is -0.523. The smallest absolute Gasteiger partial charge is 0.275 e. The fourth-order valence-corrected chi connectivity index (χ4v) is 2.23. The van der Waals surface area contributed by atoms with Gasteiger partial charge in [-0.1, -0.05) is 0 Å². The van der Waals surface area contributed by atoms with Gasteiger partial charge in [0.1, 0.15) is 4.88 Å². The molecule has 14 heavy (non-hydrogen) atoms. The number of nitrogen functional groups attached to an aromatic ring is 1. The van der Waals surface area contributed by atoms with Crippen LogP contribution in [0.5, 0.6) is 0 Å². The van der Waals surface area contributed by atoms with Crippen molar-refractivity contribution in [2.24, 2.45) is 0 Å². The number of halogens is 3. The van der Waals surface area contributed by atoms with Crippen molar-refractivity contribution in [1.82, 2.24) is 0 Å². The first-order valence-electron chi connectivity index (χ1n) is 3.85. The molecule has 1 aromatic heterocycles. The molecule has 0 saturated heterocycles. The summed E-state index contributed by atoms with van der Waals surface area (Å²) in [7, 11) is 0. The third-order valence-corrected chi connectivity index (χ3v) is 3.01. The minimum absolute atomic E-state index is 0.208. The summed E-state index contributed by atoms with van der Waals surface area (Å²) >= 11 is 0.741. The Kier molecular flexibility index (Phi) is 2.11. The van der Waals surface area contributed by atoms with E-state index in [0.29, 0.717) is 10.4 Å². The SMILES string of the molecule is Nc1ccc2c(F)c(C(F)F)sc2c1. The van der Waals surface area contributed by atoms with Gasteiger partial charge in [-0.15, -0.1) is 11.3 Å². The quantitative estimate of drug-likeness (QED) is 0.726. The molecule has 5 heteroatoms. The van der Waals surface area contributed by atoms with Gasteiger partial charge in [0.05, 0.1) is 0 Å². The molecule has 0 saturated carbocycles. The maximum Gasteiger partial charge on any atom is 0.275 e. The van der Waals surface area contributed by atoms with Crippen LogP contribution in [-0.2, 0) is 0 Å². The molecular weight excluding hydrogens is 211 g/mol. The van der Waals surface area contributed by atoms with Crippen LogP contribution in [0.25, 0.3) is 10.1 Å². The van der Waals surface area contributed by atoms with Crippen LogP contribution in [0.1, 0.15) is 11.3 Å². The molecule has 2 N–H and O–H groups in total. The number of rotatable bonds is 1. The number of benzene rings is 1. The third-order valence-electron chi connectivity index (χ3n) is 1.88. The van der Waals surface area contributed by atoms with Gasteiger partial charge in [-0.3, -0.25) is 0 Å². The number of nitrogens with two attached hydrogens (primary N) is 1. The van der Waals surface area contributed by atoms with Crippen molar-refractivity contribution in [3.05, 3.63) is 28.9 Å². The second kappa shape index (κ2) is 3.16. The molecule has 2 aromatic rings. The van der Waals surface area contributed by atoms with Gasteiger partial charge in [-0.05, 0) is 18.2 Å². The maximum absolute atomic E-state index is 13.3. The number of hydrogen-bond donors (Lipinski definition) is 1. The zero-order valence-corrected chi connectivity index (χ0v) is 7.75. The summed E-state index contributed by atoms with van der Waals surface area (Å²) in [6.07, 6.45) is -2.77. The standard InChI is InChI=1S/C9H6F3NS/c10-7-5-2-1-4(13)3-6(5)14-8(7)9(11)12/h1-3,9H,13H2. The molecule has 0 amide bonds. The molecule has 0 radical (unpaired) electrons. The van der Waals surface area contributed by atoms with Crippen LogP contribution in [0.15, 0.2) is 18.2 Å². The molecule has 0 fully saturated rings. The number of alkyl halides is 2. The fourth-order valence-electron chi connectivity index (χ4n) is 1.24. The van der Waals surface area contributed by atoms with Crippen molar-refractivity contribution in [2.75, 3.05) is 5.73 Å². The molecule has 1 aromatic carbocycles. The lowest BCUT2D eigenvalue weighted by atomic mass is 10.2. The van der Waals surface area contributed by atoms with Crippen molar-refractivity contribution < 1.29 is 13.2 Å². The van der Waals surface area contributed by atoms with Gasteiger partial charge in [-0.25, -0.2) is 13.2 Å². The Labute approximate surface area is 82.0 Å². The molecule has 0 unspecified atom stereocenters. The average Bonchev–Trinajstić information content (AvgIpc) is 2.43. The van der Waals surface area contributed by atoms with E-state index in [-0.39, 0.29) is 5.39 Å². The van der Waals surface area contributed by atoms with E-state index in [0.717, 1.165) is 11.3 Å². The number of hydrogen-bond acceptors (Lipinski definition) is 2. The lowest BCUT2D eigenvalue weighted by molar-refractivity contribution is 0.151. The average molecular weight is 217 g/mol. The van der Waals surface area contributed by atoms with Crippen LogP contribution in [0.2, 0.25) is 0 Å². The zero-order valence-electron chi connectivity index (χ0n) is 6.93. The van der Waals surface area contributed by atoms with Crippen LogP contribution >= 0.6 is 11.3 Å². The van der Waals surface area contributed by atoms with Crippen LogP contribution in [0.4, 0.5) is 18.9 Å². The van der Waals surface area contributed by atoms with E-state index < -0.39 is 17.1 Å². The van der Waals surface area contributed by atoms with Crippen molar-refractivity contribution >= 4 is 27.1 Å². The van der Waals surface area contributed by atoms with Crippen molar-refractivity contribution in [1.29, 1.82) is 0 Å². The highest BCUT2D eigenvalue weighted by Crippen LogP contribution is 2.36. The molecule has 2 rings (SSSR count). The molecule has 74 valence electrons. The van der Waals surface area contributed by atoms with Gasteiger partial charge in [0.15, 0.2) is 5.82 Å². The second-order valence-electron chi connectivity index (χ2n) is 2.84. The summed E-state index contributed by atoms with van der Waals surface area (Å²) in [5.74, 6) is -0.833. The van der Waals surface area contributed by atoms with E-state index in [9.17, 15) is 13.2 Å². The van der Waals surface area contributed by atoms with Gasteiger partial charge in [-0.2, -0.15) is 0 Å². The van der Waals surface area contributed by atoms with E-state index >= 15 is 0 Å². The zero-order chi connectivity index (χ0) is 10.3. The van der Waals surface area contributed by atoms with Gasteiger partial charge in [0.2, 0.25) is 0 Å². The van der Waals surface area contributed by atoms with Crippen LogP contribution in [0.3, 0.4) is 0 Å². The summed E-state index contributed by atoms with van der Waals surface area (Å²) in [5.41, 5.74) is 5.90. The van der Waals surface area contributed by atoms with E-state index in [2.05, 4.69) is 0 Å². The van der Waals surface area contributed by atoms with Crippen molar-refractivity contribution in [3.63, 3.8) is 0 Å². The maximum atomic E-state index is 13.3. The topological polar surface area (TPSA) is 26.0 Å². The highest BCUT2D eigenvalue weighted by Gasteiger charge is 2.19. The Bertz CT molecular complexity index is 478. The Morgan fingerprint density at radius 3 is 2.64 bits per heavy atom. The summed E-state index contributed by atoms with van der Waals surface area (Å²) < 4.78 is 38.4. The predicted molar refractivity (Wildman–Crippen MR) is 51.2 cm³/mol. The largest absolute Gasteiger partial charge is 0.399 e. The molecule has 1 nitrogen and oxygen atoms in total. The lowest BCUT2D eigenvalue weighted by Crippen LogP contribution is -1.83. The number of fused-ring (bicyclic) bond motifs is 1. The predicted octanol–water partition coefficient (Wildman–Crippen LogP) is 3.56. The molecular formula is C9H6F3NS. The third kappa shape index (κ3) is 1.33. The highest BCUT2D eigenvalue weighted by molar-refractivity contribution is 7.19. The van der Waals surface area contributed by atoms with Crippen LogP contribution in [-0.4, -0.2) is 0 Å². The summed E-state index contributed by atoms with van der Waals surface area (Å²) in [5, 5.41) is 0.208. The highest BCUT2D eigenvalue weighted by atomic mass is 32.1. The number of thiophene rings is 1. The first-order chi connectivity index (χ1) is 6.59. The lowest BCUT2D eigenvalue weighted by Gasteiger charge is -1.92. The molecule has 1 heterocycles. The Balaban J connectivity index is 2.73. The van der Waals surface area contributed by atoms with Crippen molar-refractivity contribution in [2.45, 2.75) is 6.43 Å². The Hall–Kier alpha value is -1.23. The van der Waals surface area contributed by atoms with Gasteiger partial charge >= 0.3 is 0 Å². The first kappa shape index (κ1) is 9.33. The Morgan fingerprint density at radius 1 is 1.29 bits per heavy atom. The molecule has 0 spiro atoms. The summed E-state index contributed by atoms with van der Waals surface area (Å²) in [6, 6.07) is 4.41. The van der Waals surface area contributed by atoms with E-state index in [4.69, 9.17) is 5.73 Å². The van der Waals surface area contributed by atoms with E-state index in [1.165, 1.54) is 18.2 Å². The molecule has 0 aliphatic rings. The monoisotopic (exact) mass is 217 g/mol. The second-order valence-corrected chi connectivity index (χ2v) is 3.92. The van der Waals surface area contributed by atoms with Crippen LogP contribution < -0.4 is 5.73 Å². The van der Waals surface area contributed by atoms with E-state index in [1.54, 1.807) is 0 Å². The van der Waals surface area contributed by atoms with E-state index in [1.807, 2.05) is 0 Å². The first-order valence-corrected chi connectivity index (χ1v) is 4.67.